The molecule has 1 atom stereocenters. The van der Waals surface area contributed by atoms with Gasteiger partial charge in [-0.15, -0.1) is 0 Å². The number of aromatic nitrogens is 1. The molecule has 1 aliphatic heterocycles. The number of cyclic esters (lactones) is 1. The summed E-state index contributed by atoms with van der Waals surface area (Å²) in [5, 5.41) is 3.08. The van der Waals surface area contributed by atoms with Gasteiger partial charge in [-0.25, -0.2) is 9.78 Å². The number of nitrogens with one attached hydrogen (secondary N) is 1. The Bertz CT molecular complexity index is 715. The summed E-state index contributed by atoms with van der Waals surface area (Å²) < 4.78 is 10.6. The quantitative estimate of drug-likeness (QED) is 0.761. The number of amides is 2. The van der Waals surface area contributed by atoms with Crippen molar-refractivity contribution in [3.8, 4) is 0 Å². The van der Waals surface area contributed by atoms with Crippen LogP contribution in [0.25, 0.3) is 11.1 Å². The summed E-state index contributed by atoms with van der Waals surface area (Å²) in [6.07, 6.45) is 1.17. The smallest absolute Gasteiger partial charge is 0.409 e. The van der Waals surface area contributed by atoms with Crippen LogP contribution >= 0.6 is 11.8 Å². The first-order valence-corrected chi connectivity index (χ1v) is 9.27. The fourth-order valence-corrected chi connectivity index (χ4v) is 3.46. The van der Waals surface area contributed by atoms with Crippen LogP contribution in [0, 0.1) is 0 Å². The van der Waals surface area contributed by atoms with Crippen molar-refractivity contribution >= 4 is 34.9 Å². The van der Waals surface area contributed by atoms with Crippen LogP contribution in [0.1, 0.15) is 19.8 Å². The van der Waals surface area contributed by atoms with Gasteiger partial charge in [0.05, 0.1) is 11.9 Å². The minimum absolute atomic E-state index is 0.0832. The fourth-order valence-electron chi connectivity index (χ4n) is 2.57. The van der Waals surface area contributed by atoms with E-state index in [-0.39, 0.29) is 17.3 Å². The number of nitrogens with zero attached hydrogens (tertiary/aromatic N) is 2. The zero-order chi connectivity index (χ0) is 17.6. The second-order valence-corrected chi connectivity index (χ2v) is 6.86. The lowest BCUT2D eigenvalue weighted by Crippen LogP contribution is -2.43. The fraction of sp³-hybridized carbons (Fsp3) is 0.471. The molecule has 0 saturated carbocycles. The molecule has 134 valence electrons. The molecule has 8 heteroatoms. The number of oxazole rings is 1. The van der Waals surface area contributed by atoms with Crippen LogP contribution in [0.3, 0.4) is 0 Å². The maximum absolute atomic E-state index is 12.4. The van der Waals surface area contributed by atoms with Gasteiger partial charge >= 0.3 is 6.09 Å². The van der Waals surface area contributed by atoms with Crippen LogP contribution in [0.15, 0.2) is 33.9 Å². The van der Waals surface area contributed by atoms with Crippen molar-refractivity contribution in [2.75, 3.05) is 26.2 Å². The Kier molecular flexibility index (Phi) is 5.80. The van der Waals surface area contributed by atoms with E-state index >= 15 is 0 Å². The van der Waals surface area contributed by atoms with Gasteiger partial charge in [-0.2, -0.15) is 0 Å². The molecule has 7 nitrogen and oxygen atoms in total. The highest BCUT2D eigenvalue weighted by Crippen LogP contribution is 2.28. The number of carbonyl (C=O) groups is 2. The van der Waals surface area contributed by atoms with Crippen LogP contribution in [0.2, 0.25) is 0 Å². The summed E-state index contributed by atoms with van der Waals surface area (Å²) >= 11 is 1.31. The molecule has 25 heavy (non-hydrogen) atoms. The first-order valence-electron chi connectivity index (χ1n) is 8.39. The zero-order valence-corrected chi connectivity index (χ0v) is 14.9. The van der Waals surface area contributed by atoms with Gasteiger partial charge in [-0.1, -0.05) is 30.8 Å². The van der Waals surface area contributed by atoms with Crippen molar-refractivity contribution in [1.82, 2.24) is 15.2 Å². The molecule has 1 saturated heterocycles. The Balaban J connectivity index is 1.51. The van der Waals surface area contributed by atoms with Gasteiger partial charge in [-0.05, 0) is 25.0 Å². The summed E-state index contributed by atoms with van der Waals surface area (Å²) in [5.74, 6) is -0.0832. The maximum Gasteiger partial charge on any atom is 0.409 e. The summed E-state index contributed by atoms with van der Waals surface area (Å²) in [6, 6.07) is 7.51. The largest absolute Gasteiger partial charge is 0.449 e. The number of rotatable bonds is 7. The number of benzene rings is 1. The van der Waals surface area contributed by atoms with Gasteiger partial charge in [0.15, 0.2) is 5.58 Å². The molecule has 1 N–H and O–H groups in total. The molecule has 0 bridgehead atoms. The zero-order valence-electron chi connectivity index (χ0n) is 14.1. The summed E-state index contributed by atoms with van der Waals surface area (Å²) in [7, 11) is 0. The van der Waals surface area contributed by atoms with Gasteiger partial charge in [0.25, 0.3) is 5.22 Å². The van der Waals surface area contributed by atoms with E-state index < -0.39 is 0 Å². The highest BCUT2D eigenvalue weighted by atomic mass is 32.2. The average molecular weight is 363 g/mol. The van der Waals surface area contributed by atoms with E-state index in [1.165, 1.54) is 11.8 Å². The molecule has 2 aromatic rings. The normalized spacial score (nSPS) is 15.9. The number of ether oxygens (including phenoxy) is 1. The number of para-hydroxylation sites is 2. The highest BCUT2D eigenvalue weighted by molar-refractivity contribution is 8.00. The standard InChI is InChI=1S/C17H21N3O4S/c1-2-14(25-16-19-12-6-3-4-7-13(12)24-16)15(21)18-8-10-20-9-5-11-23-17(20)22/h3-4,6-7,14H,2,5,8-11H2,1H3,(H,18,21)/t14-/m1/s1. The van der Waals surface area contributed by atoms with Gasteiger partial charge in [-0.3, -0.25) is 4.79 Å². The second-order valence-electron chi connectivity index (χ2n) is 5.71. The third kappa shape index (κ3) is 4.45. The molecule has 1 aromatic carbocycles. The molecule has 1 aliphatic rings. The van der Waals surface area contributed by atoms with Gasteiger partial charge < -0.3 is 19.4 Å². The maximum atomic E-state index is 12.4. The molecule has 2 amide bonds. The monoisotopic (exact) mass is 363 g/mol. The van der Waals surface area contributed by atoms with Gasteiger partial charge in [0.2, 0.25) is 5.91 Å². The number of carbonyl (C=O) groups excluding carboxylic acids is 2. The third-order valence-electron chi connectivity index (χ3n) is 3.92. The summed E-state index contributed by atoms with van der Waals surface area (Å²) in [6.45, 7) is 3.94. The Morgan fingerprint density at radius 2 is 2.28 bits per heavy atom. The third-order valence-corrected chi connectivity index (χ3v) is 5.13. The van der Waals surface area contributed by atoms with Crippen LogP contribution in [0.4, 0.5) is 4.79 Å². The highest BCUT2D eigenvalue weighted by Gasteiger charge is 2.22. The van der Waals surface area contributed by atoms with Crippen LogP contribution in [-0.4, -0.2) is 53.4 Å². The van der Waals surface area contributed by atoms with E-state index in [4.69, 9.17) is 9.15 Å². The SMILES string of the molecule is CC[C@@H](Sc1nc2ccccc2o1)C(=O)NCCN1CCCOC1=O. The van der Waals surface area contributed by atoms with E-state index in [9.17, 15) is 9.59 Å². The lowest BCUT2D eigenvalue weighted by molar-refractivity contribution is -0.120. The topological polar surface area (TPSA) is 84.7 Å². The van der Waals surface area contributed by atoms with Crippen molar-refractivity contribution in [3.05, 3.63) is 24.3 Å². The molecule has 0 unspecified atom stereocenters. The second kappa shape index (κ2) is 8.24. The van der Waals surface area contributed by atoms with Crippen LogP contribution < -0.4 is 5.32 Å². The molecule has 0 radical (unpaired) electrons. The van der Waals surface area contributed by atoms with E-state index in [0.29, 0.717) is 43.5 Å². The average Bonchev–Trinajstić information content (AvgIpc) is 3.03. The molecular formula is C17H21N3O4S. The lowest BCUT2D eigenvalue weighted by Gasteiger charge is -2.26. The lowest BCUT2D eigenvalue weighted by atomic mass is 10.3. The molecule has 1 aromatic heterocycles. The Hall–Kier alpha value is -2.22. The predicted molar refractivity (Wildman–Crippen MR) is 94.5 cm³/mol. The first-order chi connectivity index (χ1) is 12.2. The molecular weight excluding hydrogens is 342 g/mol. The number of fused-ring (bicyclic) bond motifs is 1. The van der Waals surface area contributed by atoms with Crippen molar-refractivity contribution in [1.29, 1.82) is 0 Å². The summed E-state index contributed by atoms with van der Waals surface area (Å²) in [4.78, 5) is 29.9. The van der Waals surface area contributed by atoms with E-state index in [1.54, 1.807) is 4.90 Å². The van der Waals surface area contributed by atoms with Crippen LogP contribution in [0.5, 0.6) is 0 Å². The Morgan fingerprint density at radius 3 is 3.04 bits per heavy atom. The van der Waals surface area contributed by atoms with E-state index in [0.717, 1.165) is 11.9 Å². The minimum atomic E-state index is -0.312. The number of thioether (sulfide) groups is 1. The molecule has 0 aliphatic carbocycles. The van der Waals surface area contributed by atoms with Crippen molar-refractivity contribution in [2.45, 2.75) is 30.2 Å². The van der Waals surface area contributed by atoms with E-state index in [1.807, 2.05) is 31.2 Å². The summed E-state index contributed by atoms with van der Waals surface area (Å²) in [5.41, 5.74) is 1.49. The van der Waals surface area contributed by atoms with Crippen LogP contribution in [-0.2, 0) is 9.53 Å². The number of hydrogen-bond acceptors (Lipinski definition) is 6. The molecule has 2 heterocycles. The Labute approximate surface area is 150 Å². The molecule has 3 rings (SSSR count). The van der Waals surface area contributed by atoms with Gasteiger partial charge in [0, 0.05) is 19.6 Å². The molecule has 1 fully saturated rings. The Morgan fingerprint density at radius 1 is 1.44 bits per heavy atom. The van der Waals surface area contributed by atoms with E-state index in [2.05, 4.69) is 10.3 Å². The number of hydrogen-bond donors (Lipinski definition) is 1. The minimum Gasteiger partial charge on any atom is -0.449 e. The van der Waals surface area contributed by atoms with Crippen molar-refractivity contribution < 1.29 is 18.7 Å². The first kappa shape index (κ1) is 17.6. The van der Waals surface area contributed by atoms with Crippen molar-refractivity contribution in [3.63, 3.8) is 0 Å². The molecule has 0 spiro atoms. The van der Waals surface area contributed by atoms with Crippen molar-refractivity contribution in [2.24, 2.45) is 0 Å². The van der Waals surface area contributed by atoms with Gasteiger partial charge in [0.1, 0.15) is 5.52 Å². The predicted octanol–water partition coefficient (Wildman–Crippen LogP) is 2.66.